The molecule has 2 unspecified atom stereocenters. The summed E-state index contributed by atoms with van der Waals surface area (Å²) in [5.74, 6) is 0.995. The second-order valence-corrected chi connectivity index (χ2v) is 9.10. The Morgan fingerprint density at radius 2 is 1.91 bits per heavy atom. The molecule has 7 nitrogen and oxygen atoms in total. The Morgan fingerprint density at radius 3 is 2.62 bits per heavy atom. The van der Waals surface area contributed by atoms with E-state index in [-0.39, 0.29) is 17.7 Å². The highest BCUT2D eigenvalue weighted by Crippen LogP contribution is 2.36. The Morgan fingerprint density at radius 1 is 1.19 bits per heavy atom. The van der Waals surface area contributed by atoms with E-state index in [1.54, 1.807) is 24.1 Å². The maximum atomic E-state index is 13.2. The summed E-state index contributed by atoms with van der Waals surface area (Å²) in [6, 6.07) is 14.5. The fourth-order valence-electron chi connectivity index (χ4n) is 3.69. The van der Waals surface area contributed by atoms with E-state index < -0.39 is 11.3 Å². The Hall–Kier alpha value is -3.13. The maximum absolute atomic E-state index is 13.2. The molecule has 0 fully saturated rings. The first kappa shape index (κ1) is 22.1. The van der Waals surface area contributed by atoms with E-state index in [0.717, 1.165) is 11.3 Å². The zero-order valence-electron chi connectivity index (χ0n) is 18.5. The summed E-state index contributed by atoms with van der Waals surface area (Å²) in [4.78, 5) is 37.4. The number of para-hydroxylation sites is 3. The molecule has 0 bridgehead atoms. The van der Waals surface area contributed by atoms with E-state index in [1.807, 2.05) is 57.2 Å². The fraction of sp³-hybridized carbons (Fsp3) is 0.333. The number of hydrogen-bond acceptors (Lipinski definition) is 6. The highest BCUT2D eigenvalue weighted by molar-refractivity contribution is 8.15. The van der Waals surface area contributed by atoms with Crippen molar-refractivity contribution in [3.63, 3.8) is 0 Å². The number of amidine groups is 2. The zero-order chi connectivity index (χ0) is 22.8. The summed E-state index contributed by atoms with van der Waals surface area (Å²) in [5.41, 5.74) is 2.19. The molecule has 0 aromatic heterocycles. The van der Waals surface area contributed by atoms with Crippen LogP contribution >= 0.6 is 11.8 Å². The second kappa shape index (κ2) is 9.16. The first-order chi connectivity index (χ1) is 15.4. The van der Waals surface area contributed by atoms with Gasteiger partial charge in [0, 0.05) is 5.56 Å². The average molecular weight is 451 g/mol. The van der Waals surface area contributed by atoms with E-state index >= 15 is 0 Å². The predicted octanol–water partition coefficient (Wildman–Crippen LogP) is 4.46. The molecule has 2 aliphatic rings. The first-order valence-corrected chi connectivity index (χ1v) is 11.5. The molecule has 0 spiro atoms. The van der Waals surface area contributed by atoms with E-state index in [0.29, 0.717) is 28.9 Å². The summed E-state index contributed by atoms with van der Waals surface area (Å²) < 4.78 is 5.34. The Bertz CT molecular complexity index is 1110. The van der Waals surface area contributed by atoms with Crippen LogP contribution in [0.2, 0.25) is 0 Å². The van der Waals surface area contributed by atoms with Gasteiger partial charge in [-0.15, -0.1) is 0 Å². The van der Waals surface area contributed by atoms with Gasteiger partial charge in [0.25, 0.3) is 5.91 Å². The van der Waals surface area contributed by atoms with Gasteiger partial charge in [-0.3, -0.25) is 14.6 Å². The van der Waals surface area contributed by atoms with Crippen LogP contribution in [0.15, 0.2) is 58.5 Å². The van der Waals surface area contributed by atoms with Crippen LogP contribution in [0.4, 0.5) is 11.4 Å². The number of carbonyl (C=O) groups is 2. The zero-order valence-corrected chi connectivity index (χ0v) is 19.3. The van der Waals surface area contributed by atoms with Gasteiger partial charge >= 0.3 is 0 Å². The molecule has 166 valence electrons. The number of aliphatic imine (C=N–C) groups is 2. The van der Waals surface area contributed by atoms with Crippen LogP contribution in [-0.4, -0.2) is 46.1 Å². The number of nitrogens with zero attached hydrogens (tertiary/aromatic N) is 3. The number of carbonyl (C=O) groups excluding carboxylic acids is 2. The van der Waals surface area contributed by atoms with Crippen LogP contribution < -0.4 is 10.1 Å². The van der Waals surface area contributed by atoms with E-state index in [1.165, 1.54) is 11.8 Å². The van der Waals surface area contributed by atoms with Crippen molar-refractivity contribution in [1.29, 1.82) is 0 Å². The van der Waals surface area contributed by atoms with Crippen molar-refractivity contribution in [2.24, 2.45) is 15.9 Å². The van der Waals surface area contributed by atoms with Crippen LogP contribution in [0, 0.1) is 5.92 Å². The number of amides is 2. The van der Waals surface area contributed by atoms with E-state index in [9.17, 15) is 9.59 Å². The standard InChI is InChI=1S/C24H26N4O3S/c1-5-19(22(29)25-17-12-8-9-13-18(17)31-4)32-24-26-16-11-7-6-10-15(16)21-27-20(14(2)3)23(30)28(21)24/h6-14,19-20H,5H2,1-4H3,(H,25,29). The minimum atomic E-state index is -0.454. The molecule has 2 aliphatic heterocycles. The molecule has 0 saturated carbocycles. The van der Waals surface area contributed by atoms with Gasteiger partial charge in [0.15, 0.2) is 5.17 Å². The molecular formula is C24H26N4O3S. The van der Waals surface area contributed by atoms with Crippen LogP contribution in [0.1, 0.15) is 32.8 Å². The summed E-state index contributed by atoms with van der Waals surface area (Å²) >= 11 is 1.29. The smallest absolute Gasteiger partial charge is 0.259 e. The van der Waals surface area contributed by atoms with Crippen molar-refractivity contribution in [2.45, 2.75) is 38.5 Å². The molecule has 2 aromatic rings. The Labute approximate surface area is 192 Å². The molecule has 0 saturated heterocycles. The predicted molar refractivity (Wildman–Crippen MR) is 129 cm³/mol. The van der Waals surface area contributed by atoms with Gasteiger partial charge in [0.05, 0.1) is 23.7 Å². The minimum Gasteiger partial charge on any atom is -0.495 e. The van der Waals surface area contributed by atoms with Crippen LogP contribution in [0.25, 0.3) is 0 Å². The van der Waals surface area contributed by atoms with E-state index in [4.69, 9.17) is 14.7 Å². The Kier molecular flexibility index (Phi) is 6.32. The minimum absolute atomic E-state index is 0.0647. The fourth-order valence-corrected chi connectivity index (χ4v) is 4.71. The lowest BCUT2D eigenvalue weighted by Gasteiger charge is -2.27. The number of rotatable bonds is 6. The van der Waals surface area contributed by atoms with Crippen molar-refractivity contribution in [2.75, 3.05) is 12.4 Å². The molecule has 0 aliphatic carbocycles. The molecule has 1 N–H and O–H groups in total. The molecule has 2 heterocycles. The topological polar surface area (TPSA) is 83.4 Å². The van der Waals surface area contributed by atoms with Gasteiger partial charge in [-0.1, -0.05) is 56.8 Å². The van der Waals surface area contributed by atoms with Gasteiger partial charge in [0.2, 0.25) is 5.91 Å². The number of methoxy groups -OCH3 is 1. The van der Waals surface area contributed by atoms with Gasteiger partial charge in [0.1, 0.15) is 17.6 Å². The van der Waals surface area contributed by atoms with E-state index in [2.05, 4.69) is 5.32 Å². The third-order valence-corrected chi connectivity index (χ3v) is 6.72. The third-order valence-electron chi connectivity index (χ3n) is 5.41. The number of ether oxygens (including phenoxy) is 1. The summed E-state index contributed by atoms with van der Waals surface area (Å²) in [7, 11) is 1.57. The maximum Gasteiger partial charge on any atom is 0.259 e. The lowest BCUT2D eigenvalue weighted by Crippen LogP contribution is -2.43. The van der Waals surface area contributed by atoms with Crippen molar-refractivity contribution >= 4 is 46.0 Å². The van der Waals surface area contributed by atoms with Crippen LogP contribution in [-0.2, 0) is 9.59 Å². The highest BCUT2D eigenvalue weighted by Gasteiger charge is 2.43. The van der Waals surface area contributed by atoms with Crippen molar-refractivity contribution in [3.8, 4) is 5.75 Å². The summed E-state index contributed by atoms with van der Waals surface area (Å²) in [6.07, 6.45) is 0.564. The largest absolute Gasteiger partial charge is 0.495 e. The number of fused-ring (bicyclic) bond motifs is 3. The number of benzene rings is 2. The quantitative estimate of drug-likeness (QED) is 0.704. The van der Waals surface area contributed by atoms with Crippen molar-refractivity contribution in [3.05, 3.63) is 54.1 Å². The molecule has 4 rings (SSSR count). The Balaban J connectivity index is 1.63. The summed E-state index contributed by atoms with van der Waals surface area (Å²) in [5, 5.41) is 2.98. The molecule has 0 radical (unpaired) electrons. The monoisotopic (exact) mass is 450 g/mol. The van der Waals surface area contributed by atoms with Gasteiger partial charge in [-0.2, -0.15) is 0 Å². The van der Waals surface area contributed by atoms with Gasteiger partial charge in [-0.25, -0.2) is 9.89 Å². The third kappa shape index (κ3) is 4.02. The molecular weight excluding hydrogens is 424 g/mol. The van der Waals surface area contributed by atoms with Crippen LogP contribution in [0.5, 0.6) is 5.75 Å². The van der Waals surface area contributed by atoms with Crippen molar-refractivity contribution < 1.29 is 14.3 Å². The molecule has 2 atom stereocenters. The lowest BCUT2D eigenvalue weighted by molar-refractivity contribution is -0.125. The number of hydrogen-bond donors (Lipinski definition) is 1. The van der Waals surface area contributed by atoms with Gasteiger partial charge < -0.3 is 10.1 Å². The first-order valence-electron chi connectivity index (χ1n) is 10.6. The van der Waals surface area contributed by atoms with Gasteiger partial charge in [-0.05, 0) is 36.6 Å². The molecule has 2 aromatic carbocycles. The SMILES string of the molecule is CCC(SC1=Nc2ccccc2C2=NC(C(C)C)C(=O)N12)C(=O)Nc1ccccc1OC. The van der Waals surface area contributed by atoms with Crippen LogP contribution in [0.3, 0.4) is 0 Å². The molecule has 2 amide bonds. The average Bonchev–Trinajstić information content (AvgIpc) is 3.15. The highest BCUT2D eigenvalue weighted by atomic mass is 32.2. The number of thioether (sulfide) groups is 1. The number of anilines is 1. The summed E-state index contributed by atoms with van der Waals surface area (Å²) in [6.45, 7) is 5.90. The van der Waals surface area contributed by atoms with Crippen molar-refractivity contribution in [1.82, 2.24) is 4.90 Å². The second-order valence-electron chi connectivity index (χ2n) is 7.93. The normalized spacial score (nSPS) is 18.0. The number of nitrogens with one attached hydrogen (secondary N) is 1. The molecule has 8 heteroatoms. The molecule has 32 heavy (non-hydrogen) atoms. The lowest BCUT2D eigenvalue weighted by atomic mass is 10.1.